The molecule has 1 saturated heterocycles. The van der Waals surface area contributed by atoms with Crippen molar-refractivity contribution in [3.05, 3.63) is 53.7 Å². The van der Waals surface area contributed by atoms with Crippen LogP contribution in [0.3, 0.4) is 0 Å². The van der Waals surface area contributed by atoms with Crippen LogP contribution in [0.25, 0.3) is 10.9 Å². The number of hydrogen-bond donors (Lipinski definition) is 1. The number of aryl methyl sites for hydroxylation is 1. The molecule has 0 saturated carbocycles. The van der Waals surface area contributed by atoms with Crippen LogP contribution in [-0.4, -0.2) is 52.1 Å². The fraction of sp³-hybridized carbons (Fsp3) is 0.429. The second-order valence-corrected chi connectivity index (χ2v) is 7.27. The fourth-order valence-electron chi connectivity index (χ4n) is 3.98. The van der Waals surface area contributed by atoms with Crippen LogP contribution in [0.4, 0.5) is 0 Å². The van der Waals surface area contributed by atoms with E-state index < -0.39 is 0 Å². The summed E-state index contributed by atoms with van der Waals surface area (Å²) >= 11 is 0. The molecule has 1 N–H and O–H groups in total. The van der Waals surface area contributed by atoms with Gasteiger partial charge in [-0.25, -0.2) is 4.98 Å². The molecule has 0 radical (unpaired) electrons. The predicted octanol–water partition coefficient (Wildman–Crippen LogP) is 3.34. The van der Waals surface area contributed by atoms with Crippen LogP contribution in [0.15, 0.2) is 36.7 Å². The number of rotatable bonds is 6. The van der Waals surface area contributed by atoms with Gasteiger partial charge in [-0.15, -0.1) is 0 Å². The zero-order valence-electron chi connectivity index (χ0n) is 15.9. The number of methoxy groups -OCH3 is 1. The van der Waals surface area contributed by atoms with Crippen molar-refractivity contribution in [1.82, 2.24) is 19.4 Å². The number of amides is 1. The highest BCUT2D eigenvalue weighted by molar-refractivity contribution is 5.98. The molecule has 2 aromatic heterocycles. The number of carbonyl (C=O) groups is 1. The van der Waals surface area contributed by atoms with Crippen molar-refractivity contribution in [2.45, 2.75) is 32.2 Å². The maximum absolute atomic E-state index is 13.0. The highest BCUT2D eigenvalue weighted by Gasteiger charge is 2.31. The van der Waals surface area contributed by atoms with Crippen LogP contribution in [0, 0.1) is 6.92 Å². The lowest BCUT2D eigenvalue weighted by atomic mass is 10.1. The van der Waals surface area contributed by atoms with Crippen LogP contribution in [-0.2, 0) is 11.3 Å². The molecule has 1 amide bonds. The van der Waals surface area contributed by atoms with Crippen molar-refractivity contribution in [1.29, 1.82) is 0 Å². The van der Waals surface area contributed by atoms with E-state index in [0.29, 0.717) is 5.92 Å². The molecule has 1 atom stereocenters. The van der Waals surface area contributed by atoms with Gasteiger partial charge in [0.1, 0.15) is 5.82 Å². The summed E-state index contributed by atoms with van der Waals surface area (Å²) in [6.45, 7) is 5.24. The van der Waals surface area contributed by atoms with Crippen molar-refractivity contribution < 1.29 is 9.53 Å². The van der Waals surface area contributed by atoms with E-state index in [4.69, 9.17) is 4.74 Å². The minimum atomic E-state index is 0.100. The monoisotopic (exact) mass is 366 g/mol. The van der Waals surface area contributed by atoms with Gasteiger partial charge in [0.05, 0.1) is 0 Å². The first-order valence-electron chi connectivity index (χ1n) is 9.54. The summed E-state index contributed by atoms with van der Waals surface area (Å²) in [6, 6.07) is 7.88. The number of fused-ring (bicyclic) bond motifs is 1. The fourth-order valence-corrected chi connectivity index (χ4v) is 3.98. The van der Waals surface area contributed by atoms with Crippen molar-refractivity contribution in [3.63, 3.8) is 0 Å². The van der Waals surface area contributed by atoms with Crippen LogP contribution in [0.2, 0.25) is 0 Å². The number of benzene rings is 1. The van der Waals surface area contributed by atoms with Gasteiger partial charge in [0.2, 0.25) is 0 Å². The van der Waals surface area contributed by atoms with E-state index in [2.05, 4.69) is 21.5 Å². The maximum Gasteiger partial charge on any atom is 0.253 e. The van der Waals surface area contributed by atoms with E-state index in [1.54, 1.807) is 7.11 Å². The lowest BCUT2D eigenvalue weighted by Crippen LogP contribution is -2.28. The third-order valence-electron chi connectivity index (χ3n) is 5.46. The minimum Gasteiger partial charge on any atom is -0.385 e. The molecule has 1 aliphatic rings. The maximum atomic E-state index is 13.0. The van der Waals surface area contributed by atoms with Crippen molar-refractivity contribution in [2.24, 2.45) is 0 Å². The normalized spacial score (nSPS) is 17.1. The van der Waals surface area contributed by atoms with Gasteiger partial charge in [0, 0.05) is 68.4 Å². The van der Waals surface area contributed by atoms with Crippen molar-refractivity contribution in [3.8, 4) is 0 Å². The number of H-pyrrole nitrogens is 1. The number of nitrogens with zero attached hydrogens (tertiary/aromatic N) is 3. The van der Waals surface area contributed by atoms with Gasteiger partial charge in [-0.2, -0.15) is 0 Å². The average molecular weight is 366 g/mol. The lowest BCUT2D eigenvalue weighted by Gasteiger charge is -2.18. The van der Waals surface area contributed by atoms with Crippen molar-refractivity contribution >= 4 is 16.8 Å². The molecule has 0 spiro atoms. The zero-order chi connectivity index (χ0) is 18.8. The molecule has 3 aromatic rings. The van der Waals surface area contributed by atoms with Gasteiger partial charge in [-0.3, -0.25) is 4.79 Å². The number of imidazole rings is 1. The smallest absolute Gasteiger partial charge is 0.253 e. The molecule has 1 aromatic carbocycles. The molecule has 3 heterocycles. The first-order valence-corrected chi connectivity index (χ1v) is 9.54. The van der Waals surface area contributed by atoms with Crippen LogP contribution in [0.5, 0.6) is 0 Å². The van der Waals surface area contributed by atoms with Gasteiger partial charge in [-0.05, 0) is 43.4 Å². The Morgan fingerprint density at radius 2 is 2.26 bits per heavy atom. The lowest BCUT2D eigenvalue weighted by molar-refractivity contribution is 0.0790. The summed E-state index contributed by atoms with van der Waals surface area (Å²) in [6.07, 6.45) is 5.76. The number of aromatic nitrogens is 3. The zero-order valence-corrected chi connectivity index (χ0v) is 15.9. The van der Waals surface area contributed by atoms with Crippen LogP contribution in [0.1, 0.15) is 40.6 Å². The Hall–Kier alpha value is -2.60. The van der Waals surface area contributed by atoms with E-state index in [0.717, 1.165) is 61.4 Å². The second-order valence-electron chi connectivity index (χ2n) is 7.27. The van der Waals surface area contributed by atoms with Gasteiger partial charge in [-0.1, -0.05) is 6.07 Å². The highest BCUT2D eigenvalue weighted by Crippen LogP contribution is 2.28. The van der Waals surface area contributed by atoms with E-state index >= 15 is 0 Å². The van der Waals surface area contributed by atoms with E-state index in [1.807, 2.05) is 41.6 Å². The van der Waals surface area contributed by atoms with Gasteiger partial charge in [0.25, 0.3) is 5.91 Å². The molecule has 4 rings (SSSR count). The van der Waals surface area contributed by atoms with E-state index in [1.165, 1.54) is 5.69 Å². The van der Waals surface area contributed by atoms with Gasteiger partial charge < -0.3 is 19.2 Å². The Morgan fingerprint density at radius 1 is 1.37 bits per heavy atom. The molecule has 142 valence electrons. The number of nitrogens with one attached hydrogen (secondary N) is 1. The number of likely N-dealkylation sites (tertiary alicyclic amines) is 1. The quantitative estimate of drug-likeness (QED) is 0.681. The van der Waals surface area contributed by atoms with Crippen molar-refractivity contribution in [2.75, 3.05) is 26.8 Å². The Balaban J connectivity index is 1.47. The minimum absolute atomic E-state index is 0.100. The Kier molecular flexibility index (Phi) is 4.99. The van der Waals surface area contributed by atoms with E-state index in [-0.39, 0.29) is 5.91 Å². The molecule has 0 aliphatic carbocycles. The molecule has 6 nitrogen and oxygen atoms in total. The molecular weight excluding hydrogens is 340 g/mol. The third-order valence-corrected chi connectivity index (χ3v) is 5.46. The molecule has 27 heavy (non-hydrogen) atoms. The van der Waals surface area contributed by atoms with Crippen LogP contribution >= 0.6 is 0 Å². The first kappa shape index (κ1) is 17.8. The average Bonchev–Trinajstić information content (AvgIpc) is 3.40. The third kappa shape index (κ3) is 3.49. The highest BCUT2D eigenvalue weighted by atomic mass is 16.5. The molecule has 1 aliphatic heterocycles. The molecule has 1 unspecified atom stereocenters. The molecule has 0 bridgehead atoms. The number of hydrogen-bond acceptors (Lipinski definition) is 3. The Labute approximate surface area is 159 Å². The standard InChI is InChI=1S/C21H26N4O2/c1-15-13-23-20(25(15)9-3-11-27-2)18-7-10-24(14-18)21(26)17-5-4-16-6-8-22-19(16)12-17/h4-6,8,12-13,18,22H,3,7,9-11,14H2,1-2H3. The summed E-state index contributed by atoms with van der Waals surface area (Å²) in [5, 5.41) is 1.12. The number of carbonyl (C=O) groups excluding carboxylic acids is 1. The van der Waals surface area contributed by atoms with Crippen LogP contribution < -0.4 is 0 Å². The Morgan fingerprint density at radius 3 is 3.11 bits per heavy atom. The summed E-state index contributed by atoms with van der Waals surface area (Å²) in [5.41, 5.74) is 2.91. The van der Waals surface area contributed by atoms with Gasteiger partial charge in [0.15, 0.2) is 0 Å². The topological polar surface area (TPSA) is 63.1 Å². The Bertz CT molecular complexity index is 943. The van der Waals surface area contributed by atoms with Gasteiger partial charge >= 0.3 is 0 Å². The molecule has 6 heteroatoms. The molecule has 1 fully saturated rings. The summed E-state index contributed by atoms with van der Waals surface area (Å²) in [4.78, 5) is 22.8. The number of aromatic amines is 1. The summed E-state index contributed by atoms with van der Waals surface area (Å²) < 4.78 is 7.46. The second kappa shape index (κ2) is 7.56. The summed E-state index contributed by atoms with van der Waals surface area (Å²) in [5.74, 6) is 1.49. The summed E-state index contributed by atoms with van der Waals surface area (Å²) in [7, 11) is 1.73. The number of ether oxygens (including phenoxy) is 1. The molecular formula is C21H26N4O2. The largest absolute Gasteiger partial charge is 0.385 e. The predicted molar refractivity (Wildman–Crippen MR) is 105 cm³/mol. The van der Waals surface area contributed by atoms with E-state index in [9.17, 15) is 4.79 Å². The first-order chi connectivity index (χ1) is 13.2. The SMILES string of the molecule is COCCCn1c(C)cnc1C1CCN(C(=O)c2ccc3cc[nH]c3c2)C1.